The summed E-state index contributed by atoms with van der Waals surface area (Å²) in [7, 11) is 0. The fourth-order valence-corrected chi connectivity index (χ4v) is 2.22. The lowest BCUT2D eigenvalue weighted by Crippen LogP contribution is -2.01. The van der Waals surface area contributed by atoms with Crippen LogP contribution < -0.4 is 4.74 Å². The molecule has 104 valence electrons. The van der Waals surface area contributed by atoms with Gasteiger partial charge >= 0.3 is 5.97 Å². The Morgan fingerprint density at radius 1 is 1.10 bits per heavy atom. The van der Waals surface area contributed by atoms with E-state index >= 15 is 0 Å². The summed E-state index contributed by atoms with van der Waals surface area (Å²) in [5.74, 6) is -0.116. The molecule has 4 nitrogen and oxygen atoms in total. The number of benzene rings is 2. The van der Waals surface area contributed by atoms with E-state index in [1.54, 1.807) is 18.3 Å². The van der Waals surface area contributed by atoms with Gasteiger partial charge in [-0.05, 0) is 30.7 Å². The summed E-state index contributed by atoms with van der Waals surface area (Å²) >= 11 is 0. The fraction of sp³-hybridized carbons (Fsp3) is 0.0588. The maximum atomic E-state index is 11.3. The molecular weight excluding hydrogens is 266 g/mol. The van der Waals surface area contributed by atoms with E-state index in [1.165, 1.54) is 6.07 Å². The van der Waals surface area contributed by atoms with Crippen molar-refractivity contribution in [1.29, 1.82) is 0 Å². The van der Waals surface area contributed by atoms with Crippen LogP contribution in [0.4, 0.5) is 0 Å². The molecule has 0 amide bonds. The SMILES string of the molecule is Cc1cccc(C(=O)O)c1Oc1cccc2cccnc12. The van der Waals surface area contributed by atoms with Crippen molar-refractivity contribution in [2.24, 2.45) is 0 Å². The number of aromatic carboxylic acids is 1. The van der Waals surface area contributed by atoms with Crippen molar-refractivity contribution in [3.05, 3.63) is 65.9 Å². The number of hydrogen-bond donors (Lipinski definition) is 1. The van der Waals surface area contributed by atoms with E-state index in [0.29, 0.717) is 17.0 Å². The van der Waals surface area contributed by atoms with Crippen LogP contribution >= 0.6 is 0 Å². The van der Waals surface area contributed by atoms with Gasteiger partial charge in [-0.2, -0.15) is 0 Å². The van der Waals surface area contributed by atoms with Crippen molar-refractivity contribution in [2.75, 3.05) is 0 Å². The quantitative estimate of drug-likeness (QED) is 0.786. The van der Waals surface area contributed by atoms with Gasteiger partial charge in [-0.15, -0.1) is 0 Å². The molecule has 4 heteroatoms. The van der Waals surface area contributed by atoms with E-state index in [0.717, 1.165) is 10.9 Å². The molecule has 3 aromatic rings. The molecule has 2 aromatic carbocycles. The number of para-hydroxylation sites is 2. The molecule has 0 radical (unpaired) electrons. The van der Waals surface area contributed by atoms with E-state index in [1.807, 2.05) is 37.3 Å². The molecule has 0 spiro atoms. The van der Waals surface area contributed by atoms with E-state index in [9.17, 15) is 9.90 Å². The lowest BCUT2D eigenvalue weighted by Gasteiger charge is -2.12. The van der Waals surface area contributed by atoms with Crippen LogP contribution in [0.15, 0.2) is 54.7 Å². The van der Waals surface area contributed by atoms with Gasteiger partial charge < -0.3 is 9.84 Å². The van der Waals surface area contributed by atoms with Crippen molar-refractivity contribution in [1.82, 2.24) is 4.98 Å². The predicted molar refractivity (Wildman–Crippen MR) is 80.0 cm³/mol. The van der Waals surface area contributed by atoms with Gasteiger partial charge in [0.1, 0.15) is 16.8 Å². The van der Waals surface area contributed by atoms with Crippen LogP contribution in [0.5, 0.6) is 11.5 Å². The smallest absolute Gasteiger partial charge is 0.339 e. The zero-order chi connectivity index (χ0) is 14.8. The van der Waals surface area contributed by atoms with Crippen molar-refractivity contribution in [2.45, 2.75) is 6.92 Å². The molecule has 0 saturated heterocycles. The number of carboxylic acids is 1. The van der Waals surface area contributed by atoms with Gasteiger partial charge in [0.25, 0.3) is 0 Å². The van der Waals surface area contributed by atoms with Crippen LogP contribution in [0.3, 0.4) is 0 Å². The lowest BCUT2D eigenvalue weighted by molar-refractivity contribution is 0.0694. The number of fused-ring (bicyclic) bond motifs is 1. The lowest BCUT2D eigenvalue weighted by atomic mass is 10.1. The van der Waals surface area contributed by atoms with Crippen molar-refractivity contribution in [3.8, 4) is 11.5 Å². The molecule has 3 rings (SSSR count). The Kier molecular flexibility index (Phi) is 3.28. The monoisotopic (exact) mass is 279 g/mol. The Hall–Kier alpha value is -2.88. The second-order valence-electron chi connectivity index (χ2n) is 4.69. The zero-order valence-corrected chi connectivity index (χ0v) is 11.4. The Bertz CT molecular complexity index is 822. The Labute approximate surface area is 121 Å². The number of hydrogen-bond acceptors (Lipinski definition) is 3. The molecule has 21 heavy (non-hydrogen) atoms. The number of ether oxygens (including phenoxy) is 1. The molecule has 0 aliphatic rings. The summed E-state index contributed by atoms with van der Waals surface area (Å²) in [6, 6.07) is 14.4. The molecule has 0 aliphatic carbocycles. The van der Waals surface area contributed by atoms with Gasteiger partial charge in [-0.25, -0.2) is 4.79 Å². The molecule has 0 bridgehead atoms. The number of carboxylic acid groups (broad SMARTS) is 1. The Morgan fingerprint density at radius 3 is 2.67 bits per heavy atom. The second kappa shape index (κ2) is 5.25. The molecule has 1 aromatic heterocycles. The van der Waals surface area contributed by atoms with E-state index in [4.69, 9.17) is 4.74 Å². The van der Waals surface area contributed by atoms with Crippen LogP contribution in [0.1, 0.15) is 15.9 Å². The third-order valence-corrected chi connectivity index (χ3v) is 3.25. The number of pyridine rings is 1. The van der Waals surface area contributed by atoms with Crippen molar-refractivity contribution in [3.63, 3.8) is 0 Å². The number of nitrogens with zero attached hydrogens (tertiary/aromatic N) is 1. The maximum absolute atomic E-state index is 11.3. The molecule has 0 unspecified atom stereocenters. The first-order valence-electron chi connectivity index (χ1n) is 6.51. The van der Waals surface area contributed by atoms with Crippen LogP contribution in [0.2, 0.25) is 0 Å². The van der Waals surface area contributed by atoms with Gasteiger partial charge in [0.05, 0.1) is 0 Å². The summed E-state index contributed by atoms with van der Waals surface area (Å²) in [6.45, 7) is 1.82. The van der Waals surface area contributed by atoms with Crippen molar-refractivity contribution >= 4 is 16.9 Å². The average molecular weight is 279 g/mol. The van der Waals surface area contributed by atoms with E-state index in [2.05, 4.69) is 4.98 Å². The minimum Gasteiger partial charge on any atom is -0.478 e. The van der Waals surface area contributed by atoms with Gasteiger partial charge in [0.2, 0.25) is 0 Å². The van der Waals surface area contributed by atoms with E-state index in [-0.39, 0.29) is 5.56 Å². The average Bonchev–Trinajstić information content (AvgIpc) is 2.49. The van der Waals surface area contributed by atoms with Crippen LogP contribution in [-0.4, -0.2) is 16.1 Å². The van der Waals surface area contributed by atoms with Gasteiger partial charge in [-0.3, -0.25) is 4.98 Å². The van der Waals surface area contributed by atoms with E-state index < -0.39 is 5.97 Å². The minimum atomic E-state index is -1.01. The maximum Gasteiger partial charge on any atom is 0.339 e. The first-order chi connectivity index (χ1) is 10.2. The highest BCUT2D eigenvalue weighted by molar-refractivity contribution is 5.92. The first-order valence-corrected chi connectivity index (χ1v) is 6.51. The van der Waals surface area contributed by atoms with Gasteiger partial charge in [-0.1, -0.05) is 30.3 Å². The summed E-state index contributed by atoms with van der Waals surface area (Å²) in [4.78, 5) is 15.6. The highest BCUT2D eigenvalue weighted by Gasteiger charge is 2.15. The largest absolute Gasteiger partial charge is 0.478 e. The summed E-state index contributed by atoms with van der Waals surface area (Å²) < 4.78 is 5.87. The molecule has 0 fully saturated rings. The molecule has 0 saturated carbocycles. The fourth-order valence-electron chi connectivity index (χ4n) is 2.22. The summed E-state index contributed by atoms with van der Waals surface area (Å²) in [5, 5.41) is 10.2. The minimum absolute atomic E-state index is 0.142. The first kappa shape index (κ1) is 13.1. The molecule has 0 aliphatic heterocycles. The third kappa shape index (κ3) is 2.43. The topological polar surface area (TPSA) is 59.4 Å². The molecular formula is C17H13NO3. The molecule has 1 heterocycles. The van der Waals surface area contributed by atoms with Gasteiger partial charge in [0, 0.05) is 11.6 Å². The Balaban J connectivity index is 2.13. The van der Waals surface area contributed by atoms with Gasteiger partial charge in [0.15, 0.2) is 5.75 Å². The van der Waals surface area contributed by atoms with Crippen LogP contribution in [0, 0.1) is 6.92 Å². The Morgan fingerprint density at radius 2 is 1.86 bits per heavy atom. The summed E-state index contributed by atoms with van der Waals surface area (Å²) in [6.07, 6.45) is 1.69. The molecule has 1 N–H and O–H groups in total. The number of carbonyl (C=O) groups is 1. The van der Waals surface area contributed by atoms with Crippen LogP contribution in [-0.2, 0) is 0 Å². The predicted octanol–water partition coefficient (Wildman–Crippen LogP) is 4.03. The normalized spacial score (nSPS) is 10.5. The molecule has 0 atom stereocenters. The highest BCUT2D eigenvalue weighted by atomic mass is 16.5. The summed E-state index contributed by atoms with van der Waals surface area (Å²) in [5.41, 5.74) is 1.62. The number of aromatic nitrogens is 1. The third-order valence-electron chi connectivity index (χ3n) is 3.25. The second-order valence-corrected chi connectivity index (χ2v) is 4.69. The highest BCUT2D eigenvalue weighted by Crippen LogP contribution is 2.32. The van der Waals surface area contributed by atoms with Crippen LogP contribution in [0.25, 0.3) is 10.9 Å². The number of rotatable bonds is 3. The zero-order valence-electron chi connectivity index (χ0n) is 11.4. The number of aryl methyl sites for hydroxylation is 1. The standard InChI is InChI=1S/C17H13NO3/c1-11-5-2-8-13(17(19)20)16(11)21-14-9-3-6-12-7-4-10-18-15(12)14/h2-10H,1H3,(H,19,20). The van der Waals surface area contributed by atoms with Crippen molar-refractivity contribution < 1.29 is 14.6 Å².